The van der Waals surface area contributed by atoms with Crippen molar-refractivity contribution in [1.29, 1.82) is 0 Å². The van der Waals surface area contributed by atoms with Crippen LogP contribution in [0.5, 0.6) is 0 Å². The number of aromatic nitrogens is 4. The van der Waals surface area contributed by atoms with E-state index in [1.807, 2.05) is 26.0 Å². The van der Waals surface area contributed by atoms with E-state index in [4.69, 9.17) is 4.98 Å². The highest BCUT2D eigenvalue weighted by molar-refractivity contribution is 7.11. The Hall–Kier alpha value is -2.48. The molecule has 8 heteroatoms. The van der Waals surface area contributed by atoms with Crippen molar-refractivity contribution in [1.82, 2.24) is 24.9 Å². The van der Waals surface area contributed by atoms with Gasteiger partial charge in [-0.15, -0.1) is 11.3 Å². The summed E-state index contributed by atoms with van der Waals surface area (Å²) in [4.78, 5) is 22.8. The van der Waals surface area contributed by atoms with Crippen LogP contribution in [0.1, 0.15) is 47.2 Å². The van der Waals surface area contributed by atoms with Crippen LogP contribution in [0.3, 0.4) is 0 Å². The van der Waals surface area contributed by atoms with Crippen LogP contribution < -0.4 is 10.6 Å². The lowest BCUT2D eigenvalue weighted by molar-refractivity contribution is 0.249. The van der Waals surface area contributed by atoms with Gasteiger partial charge in [0.25, 0.3) is 0 Å². The lowest BCUT2D eigenvalue weighted by Gasteiger charge is -2.12. The summed E-state index contributed by atoms with van der Waals surface area (Å²) in [6, 6.07) is 3.24. The maximum absolute atomic E-state index is 12.4. The Bertz CT molecular complexity index is 907. The summed E-state index contributed by atoms with van der Waals surface area (Å²) >= 11 is 1.72. The lowest BCUT2D eigenvalue weighted by atomic mass is 10.0. The van der Waals surface area contributed by atoms with Crippen molar-refractivity contribution in [3.8, 4) is 0 Å². The third-order valence-corrected chi connectivity index (χ3v) is 5.64. The number of hydrogen-bond acceptors (Lipinski definition) is 5. The van der Waals surface area contributed by atoms with E-state index in [2.05, 4.69) is 20.7 Å². The molecule has 0 bridgehead atoms. The monoisotopic (exact) mass is 356 g/mol. The second-order valence-electron chi connectivity index (χ2n) is 6.30. The zero-order chi connectivity index (χ0) is 17.4. The molecule has 0 radical (unpaired) electrons. The minimum absolute atomic E-state index is 0.130. The Morgan fingerprint density at radius 3 is 3.00 bits per heavy atom. The van der Waals surface area contributed by atoms with Crippen LogP contribution in [-0.4, -0.2) is 25.6 Å². The standard InChI is InChI=1S/C17H20N6OS/c1-10(16-20-12-6-3-4-8-14(12)25-16)18-17(24)21-13-7-5-9-23-15(13)19-11(2)22-23/h5,7,9-10H,3-4,6,8H2,1-2H3,(H2,18,21,24). The number of pyridine rings is 1. The van der Waals surface area contributed by atoms with Gasteiger partial charge in [-0.3, -0.25) is 0 Å². The van der Waals surface area contributed by atoms with Gasteiger partial charge in [-0.25, -0.2) is 19.3 Å². The zero-order valence-electron chi connectivity index (χ0n) is 14.2. The number of carbonyl (C=O) groups is 1. The highest BCUT2D eigenvalue weighted by Crippen LogP contribution is 2.29. The van der Waals surface area contributed by atoms with Crippen molar-refractivity contribution >= 4 is 28.7 Å². The van der Waals surface area contributed by atoms with Crippen LogP contribution in [0.25, 0.3) is 5.65 Å². The highest BCUT2D eigenvalue weighted by atomic mass is 32.1. The van der Waals surface area contributed by atoms with E-state index in [0.717, 1.165) is 17.8 Å². The number of amides is 2. The number of urea groups is 1. The van der Waals surface area contributed by atoms with Crippen LogP contribution in [0.15, 0.2) is 18.3 Å². The van der Waals surface area contributed by atoms with Crippen molar-refractivity contribution in [2.45, 2.75) is 45.6 Å². The predicted octanol–water partition coefficient (Wildman–Crippen LogP) is 3.26. The van der Waals surface area contributed by atoms with Crippen LogP contribution in [-0.2, 0) is 12.8 Å². The molecule has 0 aromatic carbocycles. The Morgan fingerprint density at radius 2 is 2.16 bits per heavy atom. The summed E-state index contributed by atoms with van der Waals surface area (Å²) in [5.41, 5.74) is 2.47. The quantitative estimate of drug-likeness (QED) is 0.754. The van der Waals surface area contributed by atoms with E-state index in [0.29, 0.717) is 17.2 Å². The smallest absolute Gasteiger partial charge is 0.319 e. The molecule has 3 aromatic rings. The van der Waals surface area contributed by atoms with Crippen LogP contribution >= 0.6 is 11.3 Å². The zero-order valence-corrected chi connectivity index (χ0v) is 15.1. The molecular weight excluding hydrogens is 336 g/mol. The number of aryl methyl sites for hydroxylation is 3. The number of hydrogen-bond donors (Lipinski definition) is 2. The summed E-state index contributed by atoms with van der Waals surface area (Å²) in [6.07, 6.45) is 6.42. The summed E-state index contributed by atoms with van der Waals surface area (Å²) in [7, 11) is 0. The van der Waals surface area contributed by atoms with Gasteiger partial charge in [0.2, 0.25) is 0 Å². The van der Waals surface area contributed by atoms with Crippen LogP contribution in [0.4, 0.5) is 10.5 Å². The molecule has 1 unspecified atom stereocenters. The Kier molecular flexibility index (Phi) is 4.12. The lowest BCUT2D eigenvalue weighted by Crippen LogP contribution is -2.31. The van der Waals surface area contributed by atoms with Crippen LogP contribution in [0, 0.1) is 6.92 Å². The number of rotatable bonds is 3. The van der Waals surface area contributed by atoms with Crippen molar-refractivity contribution < 1.29 is 4.79 Å². The molecular formula is C17H20N6OS. The number of thiazole rings is 1. The molecule has 3 aromatic heterocycles. The molecule has 7 nitrogen and oxygen atoms in total. The molecule has 0 saturated heterocycles. The summed E-state index contributed by atoms with van der Waals surface area (Å²) in [5, 5.41) is 11.1. The average Bonchev–Trinajstić information content (AvgIpc) is 3.17. The molecule has 2 N–H and O–H groups in total. The van der Waals surface area contributed by atoms with Gasteiger partial charge >= 0.3 is 6.03 Å². The van der Waals surface area contributed by atoms with Gasteiger partial charge in [-0.1, -0.05) is 0 Å². The Labute approximate surface area is 149 Å². The van der Waals surface area contributed by atoms with E-state index >= 15 is 0 Å². The van der Waals surface area contributed by atoms with Crippen LogP contribution in [0.2, 0.25) is 0 Å². The largest absolute Gasteiger partial charge is 0.329 e. The first kappa shape index (κ1) is 16.0. The van der Waals surface area contributed by atoms with E-state index < -0.39 is 0 Å². The maximum Gasteiger partial charge on any atom is 0.319 e. The summed E-state index contributed by atoms with van der Waals surface area (Å²) in [5.74, 6) is 0.663. The van der Waals surface area contributed by atoms with Crippen molar-refractivity contribution in [3.05, 3.63) is 39.7 Å². The summed E-state index contributed by atoms with van der Waals surface area (Å²) < 4.78 is 1.66. The van der Waals surface area contributed by atoms with E-state index in [-0.39, 0.29) is 12.1 Å². The van der Waals surface area contributed by atoms with Gasteiger partial charge in [-0.05, 0) is 51.7 Å². The van der Waals surface area contributed by atoms with Gasteiger partial charge in [0.15, 0.2) is 5.65 Å². The van der Waals surface area contributed by atoms with E-state index in [1.165, 1.54) is 23.4 Å². The second kappa shape index (κ2) is 6.44. The fraction of sp³-hybridized carbons (Fsp3) is 0.412. The normalized spacial score (nSPS) is 15.0. The van der Waals surface area contributed by atoms with E-state index in [1.54, 1.807) is 22.0 Å². The Balaban J connectivity index is 1.47. The molecule has 2 amide bonds. The number of nitrogens with zero attached hydrogens (tertiary/aromatic N) is 4. The fourth-order valence-electron chi connectivity index (χ4n) is 3.08. The molecule has 130 valence electrons. The third kappa shape index (κ3) is 3.21. The van der Waals surface area contributed by atoms with Crippen molar-refractivity contribution in [3.63, 3.8) is 0 Å². The number of carbonyl (C=O) groups excluding carboxylic acids is 1. The molecule has 0 fully saturated rings. The first-order valence-electron chi connectivity index (χ1n) is 8.48. The van der Waals surface area contributed by atoms with E-state index in [9.17, 15) is 4.79 Å². The summed E-state index contributed by atoms with van der Waals surface area (Å²) in [6.45, 7) is 3.79. The van der Waals surface area contributed by atoms with Gasteiger partial charge in [-0.2, -0.15) is 5.10 Å². The number of anilines is 1. The SMILES string of the molecule is Cc1nc2c(NC(=O)NC(C)c3nc4c(s3)CCCC4)cccn2n1. The van der Waals surface area contributed by atoms with Gasteiger partial charge in [0, 0.05) is 11.1 Å². The molecule has 1 aliphatic carbocycles. The van der Waals surface area contributed by atoms with Gasteiger partial charge in [0.1, 0.15) is 10.8 Å². The van der Waals surface area contributed by atoms with Gasteiger partial charge in [0.05, 0.1) is 17.4 Å². The highest BCUT2D eigenvalue weighted by Gasteiger charge is 2.20. The third-order valence-electron chi connectivity index (χ3n) is 4.30. The molecule has 3 heterocycles. The Morgan fingerprint density at radius 1 is 1.32 bits per heavy atom. The average molecular weight is 356 g/mol. The molecule has 0 saturated carbocycles. The first-order chi connectivity index (χ1) is 12.1. The molecule has 0 aliphatic heterocycles. The first-order valence-corrected chi connectivity index (χ1v) is 9.30. The predicted molar refractivity (Wildman–Crippen MR) is 97.0 cm³/mol. The number of nitrogens with one attached hydrogen (secondary N) is 2. The van der Waals surface area contributed by atoms with Crippen molar-refractivity contribution in [2.24, 2.45) is 0 Å². The van der Waals surface area contributed by atoms with Gasteiger partial charge < -0.3 is 10.6 Å². The van der Waals surface area contributed by atoms with Crippen molar-refractivity contribution in [2.75, 3.05) is 5.32 Å². The minimum atomic E-state index is -0.269. The second-order valence-corrected chi connectivity index (χ2v) is 7.41. The maximum atomic E-state index is 12.4. The minimum Gasteiger partial charge on any atom is -0.329 e. The molecule has 0 spiro atoms. The topological polar surface area (TPSA) is 84.2 Å². The molecule has 25 heavy (non-hydrogen) atoms. The molecule has 1 aliphatic rings. The fourth-order valence-corrected chi connectivity index (χ4v) is 4.24. The number of fused-ring (bicyclic) bond motifs is 2. The molecule has 1 atom stereocenters. The molecule has 4 rings (SSSR count).